The van der Waals surface area contributed by atoms with Crippen LogP contribution in [-0.4, -0.2) is 46.0 Å². The van der Waals surface area contributed by atoms with E-state index in [0.717, 1.165) is 11.1 Å². The lowest BCUT2D eigenvalue weighted by Crippen LogP contribution is -2.31. The third kappa shape index (κ3) is 5.63. The number of carbonyl (C=O) groups is 1. The number of amides is 1. The third-order valence-electron chi connectivity index (χ3n) is 4.30. The van der Waals surface area contributed by atoms with Crippen LogP contribution in [0, 0.1) is 6.92 Å². The molecular formula is C20H26N2O4S. The number of carbonyl (C=O) groups excluding carboxylic acids is 1. The molecule has 2 aromatic carbocycles. The smallest absolute Gasteiger partial charge is 0.254 e. The summed E-state index contributed by atoms with van der Waals surface area (Å²) in [5.41, 5.74) is 2.68. The Morgan fingerprint density at radius 2 is 1.78 bits per heavy atom. The second-order valence-corrected chi connectivity index (χ2v) is 7.93. The topological polar surface area (TPSA) is 75.7 Å². The molecule has 0 saturated carbocycles. The van der Waals surface area contributed by atoms with Gasteiger partial charge in [-0.3, -0.25) is 4.79 Å². The standard InChI is InChI=1S/C20H26N2O4S/c1-4-22(15-18-8-6-5-7-16(18)2)20(23)17-9-11-19(12-10-17)27(24,25)21-13-14-26-3/h5-12,21H,4,13-15H2,1-3H3. The van der Waals surface area contributed by atoms with Crippen molar-refractivity contribution in [2.45, 2.75) is 25.3 Å². The molecule has 0 heterocycles. The lowest BCUT2D eigenvalue weighted by atomic mass is 10.1. The fourth-order valence-corrected chi connectivity index (χ4v) is 3.65. The molecule has 0 atom stereocenters. The number of benzene rings is 2. The van der Waals surface area contributed by atoms with Gasteiger partial charge in [0.15, 0.2) is 0 Å². The van der Waals surface area contributed by atoms with E-state index in [2.05, 4.69) is 4.72 Å². The average Bonchev–Trinajstić information content (AvgIpc) is 2.67. The summed E-state index contributed by atoms with van der Waals surface area (Å²) in [6, 6.07) is 13.9. The minimum Gasteiger partial charge on any atom is -0.383 e. The van der Waals surface area contributed by atoms with Gasteiger partial charge in [0.2, 0.25) is 10.0 Å². The van der Waals surface area contributed by atoms with Crippen LogP contribution < -0.4 is 4.72 Å². The van der Waals surface area contributed by atoms with E-state index < -0.39 is 10.0 Å². The van der Waals surface area contributed by atoms with E-state index in [4.69, 9.17) is 4.74 Å². The molecule has 27 heavy (non-hydrogen) atoms. The van der Waals surface area contributed by atoms with Crippen LogP contribution in [0.5, 0.6) is 0 Å². The van der Waals surface area contributed by atoms with Crippen molar-refractivity contribution in [1.82, 2.24) is 9.62 Å². The Bertz CT molecular complexity index is 864. The van der Waals surface area contributed by atoms with E-state index >= 15 is 0 Å². The molecule has 0 aromatic heterocycles. The maximum Gasteiger partial charge on any atom is 0.254 e. The molecule has 146 valence electrons. The number of methoxy groups -OCH3 is 1. The molecule has 0 spiro atoms. The Morgan fingerprint density at radius 3 is 2.37 bits per heavy atom. The molecule has 0 unspecified atom stereocenters. The first kappa shape index (κ1) is 21.1. The van der Waals surface area contributed by atoms with Gasteiger partial charge in [-0.1, -0.05) is 24.3 Å². The summed E-state index contributed by atoms with van der Waals surface area (Å²) >= 11 is 0. The van der Waals surface area contributed by atoms with Gasteiger partial charge in [-0.15, -0.1) is 0 Å². The number of rotatable bonds is 9. The van der Waals surface area contributed by atoms with Crippen LogP contribution in [0.25, 0.3) is 0 Å². The second-order valence-electron chi connectivity index (χ2n) is 6.16. The van der Waals surface area contributed by atoms with Gasteiger partial charge >= 0.3 is 0 Å². The number of nitrogens with zero attached hydrogens (tertiary/aromatic N) is 1. The van der Waals surface area contributed by atoms with Crippen LogP contribution >= 0.6 is 0 Å². The number of hydrogen-bond acceptors (Lipinski definition) is 4. The molecule has 0 bridgehead atoms. The van der Waals surface area contributed by atoms with E-state index in [0.29, 0.717) is 25.3 Å². The number of aryl methyl sites for hydroxylation is 1. The van der Waals surface area contributed by atoms with Crippen LogP contribution in [0.15, 0.2) is 53.4 Å². The SMILES string of the molecule is CCN(Cc1ccccc1C)C(=O)c1ccc(S(=O)(=O)NCCOC)cc1. The summed E-state index contributed by atoms with van der Waals surface area (Å²) in [4.78, 5) is 14.7. The maximum atomic E-state index is 12.8. The molecule has 1 amide bonds. The van der Waals surface area contributed by atoms with Crippen molar-refractivity contribution in [2.75, 3.05) is 26.8 Å². The predicted octanol–water partition coefficient (Wildman–Crippen LogP) is 2.58. The third-order valence-corrected chi connectivity index (χ3v) is 5.78. The van der Waals surface area contributed by atoms with E-state index in [1.54, 1.807) is 17.0 Å². The molecule has 6 nitrogen and oxygen atoms in total. The average molecular weight is 391 g/mol. The molecule has 2 rings (SSSR count). The Hall–Kier alpha value is -2.22. The van der Waals surface area contributed by atoms with Gasteiger partial charge in [-0.25, -0.2) is 13.1 Å². The van der Waals surface area contributed by atoms with Crippen molar-refractivity contribution in [3.8, 4) is 0 Å². The van der Waals surface area contributed by atoms with Crippen molar-refractivity contribution < 1.29 is 17.9 Å². The molecule has 7 heteroatoms. The Balaban J connectivity index is 2.12. The Morgan fingerprint density at radius 1 is 1.11 bits per heavy atom. The van der Waals surface area contributed by atoms with Crippen molar-refractivity contribution in [2.24, 2.45) is 0 Å². The Labute approximate surface area is 161 Å². The fraction of sp³-hybridized carbons (Fsp3) is 0.350. The van der Waals surface area contributed by atoms with Gasteiger partial charge in [-0.05, 0) is 49.2 Å². The van der Waals surface area contributed by atoms with Crippen molar-refractivity contribution in [1.29, 1.82) is 0 Å². The first-order valence-corrected chi connectivity index (χ1v) is 10.3. The van der Waals surface area contributed by atoms with Gasteiger partial charge in [0.1, 0.15) is 0 Å². The summed E-state index contributed by atoms with van der Waals surface area (Å²) in [7, 11) is -2.10. The van der Waals surface area contributed by atoms with Crippen molar-refractivity contribution >= 4 is 15.9 Å². The zero-order chi connectivity index (χ0) is 19.9. The highest BCUT2D eigenvalue weighted by Gasteiger charge is 2.18. The number of sulfonamides is 1. The van der Waals surface area contributed by atoms with E-state index in [1.165, 1.54) is 19.2 Å². The summed E-state index contributed by atoms with van der Waals surface area (Å²) in [6.07, 6.45) is 0. The number of nitrogens with one attached hydrogen (secondary N) is 1. The number of hydrogen-bond donors (Lipinski definition) is 1. The van der Waals surface area contributed by atoms with Gasteiger partial charge in [0, 0.05) is 32.3 Å². The van der Waals surface area contributed by atoms with Gasteiger partial charge in [0.25, 0.3) is 5.91 Å². The molecule has 0 aliphatic carbocycles. The van der Waals surface area contributed by atoms with Crippen LogP contribution in [0.2, 0.25) is 0 Å². The zero-order valence-electron chi connectivity index (χ0n) is 15.9. The zero-order valence-corrected chi connectivity index (χ0v) is 16.8. The molecule has 1 N–H and O–H groups in total. The van der Waals surface area contributed by atoms with Crippen molar-refractivity contribution in [3.63, 3.8) is 0 Å². The molecule has 0 aliphatic heterocycles. The summed E-state index contributed by atoms with van der Waals surface area (Å²) < 4.78 is 31.7. The Kier molecular flexibility index (Phi) is 7.53. The van der Waals surface area contributed by atoms with Crippen LogP contribution in [-0.2, 0) is 21.3 Å². The minimum atomic E-state index is -3.61. The lowest BCUT2D eigenvalue weighted by molar-refractivity contribution is 0.0752. The summed E-state index contributed by atoms with van der Waals surface area (Å²) in [5.74, 6) is -0.128. The highest BCUT2D eigenvalue weighted by atomic mass is 32.2. The molecular weight excluding hydrogens is 364 g/mol. The van der Waals surface area contributed by atoms with E-state index in [9.17, 15) is 13.2 Å². The lowest BCUT2D eigenvalue weighted by Gasteiger charge is -2.22. The first-order valence-electron chi connectivity index (χ1n) is 8.81. The minimum absolute atomic E-state index is 0.122. The highest BCUT2D eigenvalue weighted by Crippen LogP contribution is 2.15. The van der Waals surface area contributed by atoms with Crippen LogP contribution in [0.3, 0.4) is 0 Å². The quantitative estimate of drug-likeness (QED) is 0.668. The summed E-state index contributed by atoms with van der Waals surface area (Å²) in [6.45, 7) is 5.50. The van der Waals surface area contributed by atoms with Crippen LogP contribution in [0.1, 0.15) is 28.4 Å². The largest absolute Gasteiger partial charge is 0.383 e. The van der Waals surface area contributed by atoms with E-state index in [-0.39, 0.29) is 17.3 Å². The highest BCUT2D eigenvalue weighted by molar-refractivity contribution is 7.89. The van der Waals surface area contributed by atoms with E-state index in [1.807, 2.05) is 38.1 Å². The molecule has 2 aromatic rings. The molecule has 0 radical (unpaired) electrons. The molecule has 0 aliphatic rings. The van der Waals surface area contributed by atoms with Gasteiger partial charge < -0.3 is 9.64 Å². The van der Waals surface area contributed by atoms with Gasteiger partial charge in [0.05, 0.1) is 11.5 Å². The first-order chi connectivity index (χ1) is 12.9. The van der Waals surface area contributed by atoms with Gasteiger partial charge in [-0.2, -0.15) is 0 Å². The summed E-state index contributed by atoms with van der Waals surface area (Å²) in [5, 5.41) is 0. The second kappa shape index (κ2) is 9.64. The monoisotopic (exact) mass is 390 g/mol. The van der Waals surface area contributed by atoms with Crippen molar-refractivity contribution in [3.05, 3.63) is 65.2 Å². The normalized spacial score (nSPS) is 11.4. The molecule has 0 saturated heterocycles. The maximum absolute atomic E-state index is 12.8. The number of ether oxygens (including phenoxy) is 1. The predicted molar refractivity (Wildman–Crippen MR) is 105 cm³/mol. The molecule has 0 fully saturated rings. The fourth-order valence-electron chi connectivity index (χ4n) is 2.64. The van der Waals surface area contributed by atoms with Crippen LogP contribution in [0.4, 0.5) is 0 Å².